The van der Waals surface area contributed by atoms with Crippen molar-refractivity contribution in [2.24, 2.45) is 7.05 Å². The van der Waals surface area contributed by atoms with Gasteiger partial charge in [-0.15, -0.1) is 0 Å². The molecule has 10 heteroatoms. The van der Waals surface area contributed by atoms with Gasteiger partial charge in [-0.3, -0.25) is 19.2 Å². The minimum atomic E-state index is -0.330. The number of piperazine rings is 1. The molecular formula is C23H30N8O2. The van der Waals surface area contributed by atoms with Crippen LogP contribution < -0.4 is 15.5 Å². The van der Waals surface area contributed by atoms with Crippen molar-refractivity contribution in [2.45, 2.75) is 26.8 Å². The van der Waals surface area contributed by atoms with Crippen LogP contribution in [0.15, 0.2) is 30.7 Å². The molecular weight excluding hydrogens is 420 g/mol. The summed E-state index contributed by atoms with van der Waals surface area (Å²) in [7, 11) is 1.86. The first-order chi connectivity index (χ1) is 15.8. The Labute approximate surface area is 193 Å². The number of fused-ring (bicyclic) bond motifs is 1. The van der Waals surface area contributed by atoms with Gasteiger partial charge >= 0.3 is 0 Å². The molecule has 10 nitrogen and oxygen atoms in total. The van der Waals surface area contributed by atoms with Crippen molar-refractivity contribution < 1.29 is 9.59 Å². The Morgan fingerprint density at radius 3 is 2.48 bits per heavy atom. The molecule has 1 aliphatic rings. The van der Waals surface area contributed by atoms with Gasteiger partial charge in [0.05, 0.1) is 24.2 Å². The molecule has 0 saturated carbocycles. The van der Waals surface area contributed by atoms with Crippen LogP contribution in [0.4, 0.5) is 11.5 Å². The van der Waals surface area contributed by atoms with Gasteiger partial charge in [0, 0.05) is 38.9 Å². The Morgan fingerprint density at radius 1 is 1.09 bits per heavy atom. The number of nitrogens with one attached hydrogen (secondary N) is 2. The van der Waals surface area contributed by atoms with Crippen molar-refractivity contribution in [3.63, 3.8) is 0 Å². The quantitative estimate of drug-likeness (QED) is 0.582. The van der Waals surface area contributed by atoms with Gasteiger partial charge in [0.2, 0.25) is 11.8 Å². The standard InChI is InChI=1S/C23H30N8O2/c1-15-6-5-7-16(2)20(15)28-19(32)13-24-23(33)17(3)30-8-10-31(11-9-30)22-18-12-27-29(4)21(18)25-14-26-22/h5-7,12,14,17H,8-11,13H2,1-4H3,(H,24,33)(H,28,32). The number of carbonyl (C=O) groups is 2. The van der Waals surface area contributed by atoms with Crippen LogP contribution in [0.5, 0.6) is 0 Å². The highest BCUT2D eigenvalue weighted by molar-refractivity contribution is 5.96. The summed E-state index contributed by atoms with van der Waals surface area (Å²) in [6, 6.07) is 5.52. The first kappa shape index (κ1) is 22.7. The minimum Gasteiger partial charge on any atom is -0.353 e. The third-order valence-electron chi connectivity index (χ3n) is 6.22. The molecule has 1 unspecified atom stereocenters. The predicted molar refractivity (Wildman–Crippen MR) is 127 cm³/mol. The first-order valence-electron chi connectivity index (χ1n) is 11.1. The SMILES string of the molecule is Cc1cccc(C)c1NC(=O)CNC(=O)C(C)N1CCN(c2ncnc3c2cnn3C)CC1. The van der Waals surface area contributed by atoms with E-state index in [2.05, 4.69) is 35.5 Å². The number of para-hydroxylation sites is 1. The van der Waals surface area contributed by atoms with E-state index < -0.39 is 0 Å². The van der Waals surface area contributed by atoms with Crippen molar-refractivity contribution in [3.05, 3.63) is 41.9 Å². The van der Waals surface area contributed by atoms with Crippen molar-refractivity contribution in [3.8, 4) is 0 Å². The second kappa shape index (κ2) is 9.53. The van der Waals surface area contributed by atoms with Gasteiger partial charge in [-0.1, -0.05) is 18.2 Å². The molecule has 3 aromatic rings. The number of anilines is 2. The zero-order chi connectivity index (χ0) is 23.5. The summed E-state index contributed by atoms with van der Waals surface area (Å²) in [5.74, 6) is 0.479. The molecule has 1 atom stereocenters. The largest absolute Gasteiger partial charge is 0.353 e. The zero-order valence-electron chi connectivity index (χ0n) is 19.5. The van der Waals surface area contributed by atoms with Gasteiger partial charge in [0.15, 0.2) is 5.65 Å². The van der Waals surface area contributed by atoms with E-state index in [0.29, 0.717) is 0 Å². The summed E-state index contributed by atoms with van der Waals surface area (Å²) in [4.78, 5) is 38.1. The highest BCUT2D eigenvalue weighted by Crippen LogP contribution is 2.23. The van der Waals surface area contributed by atoms with Crippen LogP contribution in [0.3, 0.4) is 0 Å². The molecule has 2 N–H and O–H groups in total. The third kappa shape index (κ3) is 4.80. The molecule has 1 aliphatic heterocycles. The molecule has 0 bridgehead atoms. The maximum atomic E-state index is 12.7. The summed E-state index contributed by atoms with van der Waals surface area (Å²) in [5, 5.41) is 10.9. The fraction of sp³-hybridized carbons (Fsp3) is 0.435. The maximum Gasteiger partial charge on any atom is 0.243 e. The molecule has 174 valence electrons. The fourth-order valence-corrected chi connectivity index (χ4v) is 4.20. The predicted octanol–water partition coefficient (Wildman–Crippen LogP) is 1.25. The van der Waals surface area contributed by atoms with Gasteiger partial charge in [-0.2, -0.15) is 5.10 Å². The Kier molecular flexibility index (Phi) is 6.55. The van der Waals surface area contributed by atoms with E-state index in [1.165, 1.54) is 0 Å². The summed E-state index contributed by atoms with van der Waals surface area (Å²) in [5.41, 5.74) is 3.59. The number of nitrogens with zero attached hydrogens (tertiary/aromatic N) is 6. The van der Waals surface area contributed by atoms with Gasteiger partial charge in [0.1, 0.15) is 12.1 Å². The Bertz CT molecular complexity index is 1150. The smallest absolute Gasteiger partial charge is 0.243 e. The summed E-state index contributed by atoms with van der Waals surface area (Å²) in [6.07, 6.45) is 3.35. The van der Waals surface area contributed by atoms with Crippen molar-refractivity contribution in [1.29, 1.82) is 0 Å². The normalized spacial score (nSPS) is 15.5. The van der Waals surface area contributed by atoms with E-state index in [9.17, 15) is 9.59 Å². The number of amides is 2. The lowest BCUT2D eigenvalue weighted by Crippen LogP contribution is -2.54. The van der Waals surface area contributed by atoms with Crippen LogP contribution >= 0.6 is 0 Å². The van der Waals surface area contributed by atoms with Crippen molar-refractivity contribution in [1.82, 2.24) is 30.0 Å². The number of benzene rings is 1. The van der Waals surface area contributed by atoms with E-state index in [-0.39, 0.29) is 24.4 Å². The van der Waals surface area contributed by atoms with Crippen LogP contribution in [-0.4, -0.2) is 75.2 Å². The van der Waals surface area contributed by atoms with E-state index in [0.717, 1.165) is 59.8 Å². The number of aromatic nitrogens is 4. The van der Waals surface area contributed by atoms with E-state index in [1.807, 2.05) is 46.0 Å². The van der Waals surface area contributed by atoms with Gasteiger partial charge in [-0.25, -0.2) is 9.97 Å². The molecule has 3 heterocycles. The molecule has 0 spiro atoms. The van der Waals surface area contributed by atoms with Crippen LogP contribution in [0.1, 0.15) is 18.1 Å². The van der Waals surface area contributed by atoms with Crippen LogP contribution in [0, 0.1) is 13.8 Å². The minimum absolute atomic E-state index is 0.0587. The lowest BCUT2D eigenvalue weighted by molar-refractivity contribution is -0.128. The lowest BCUT2D eigenvalue weighted by Gasteiger charge is -2.38. The zero-order valence-corrected chi connectivity index (χ0v) is 19.5. The average Bonchev–Trinajstić information content (AvgIpc) is 3.20. The molecule has 2 aromatic heterocycles. The third-order valence-corrected chi connectivity index (χ3v) is 6.22. The molecule has 4 rings (SSSR count). The first-order valence-corrected chi connectivity index (χ1v) is 11.1. The van der Waals surface area contributed by atoms with Crippen molar-refractivity contribution in [2.75, 3.05) is 42.9 Å². The molecule has 1 saturated heterocycles. The van der Waals surface area contributed by atoms with Gasteiger partial charge < -0.3 is 15.5 Å². The highest BCUT2D eigenvalue weighted by atomic mass is 16.2. The Balaban J connectivity index is 1.29. The maximum absolute atomic E-state index is 12.7. The van der Waals surface area contributed by atoms with Gasteiger partial charge in [0.25, 0.3) is 0 Å². The second-order valence-electron chi connectivity index (χ2n) is 8.43. The molecule has 0 aliphatic carbocycles. The molecule has 1 aromatic carbocycles. The van der Waals surface area contributed by atoms with E-state index in [4.69, 9.17) is 0 Å². The summed E-state index contributed by atoms with van der Waals surface area (Å²) in [6.45, 7) is 8.63. The monoisotopic (exact) mass is 450 g/mol. The highest BCUT2D eigenvalue weighted by Gasteiger charge is 2.27. The molecule has 1 fully saturated rings. The average molecular weight is 451 g/mol. The number of carbonyl (C=O) groups excluding carboxylic acids is 2. The summed E-state index contributed by atoms with van der Waals surface area (Å²) < 4.78 is 1.74. The molecule has 0 radical (unpaired) electrons. The van der Waals surface area contributed by atoms with E-state index >= 15 is 0 Å². The topological polar surface area (TPSA) is 108 Å². The molecule has 33 heavy (non-hydrogen) atoms. The number of aryl methyl sites for hydroxylation is 3. The summed E-state index contributed by atoms with van der Waals surface area (Å²) >= 11 is 0. The van der Waals surface area contributed by atoms with Crippen LogP contribution in [0.2, 0.25) is 0 Å². The Hall–Kier alpha value is -3.53. The fourth-order valence-electron chi connectivity index (χ4n) is 4.20. The van der Waals surface area contributed by atoms with Crippen LogP contribution in [0.25, 0.3) is 11.0 Å². The van der Waals surface area contributed by atoms with E-state index in [1.54, 1.807) is 17.2 Å². The van der Waals surface area contributed by atoms with Gasteiger partial charge in [-0.05, 0) is 31.9 Å². The van der Waals surface area contributed by atoms with Crippen molar-refractivity contribution >= 4 is 34.4 Å². The number of hydrogen-bond donors (Lipinski definition) is 2. The number of rotatable bonds is 6. The van der Waals surface area contributed by atoms with Crippen LogP contribution in [-0.2, 0) is 16.6 Å². The lowest BCUT2D eigenvalue weighted by atomic mass is 10.1. The Morgan fingerprint density at radius 2 is 1.79 bits per heavy atom. The number of hydrogen-bond acceptors (Lipinski definition) is 7. The molecule has 2 amide bonds. The second-order valence-corrected chi connectivity index (χ2v) is 8.43.